The summed E-state index contributed by atoms with van der Waals surface area (Å²) in [5, 5.41) is 0.744. The average molecular weight is 334 g/mol. The van der Waals surface area contributed by atoms with Crippen molar-refractivity contribution in [1.29, 1.82) is 0 Å². The molecule has 0 aliphatic heterocycles. The number of likely N-dealkylation sites (N-methyl/N-ethyl adjacent to an activating group) is 1. The van der Waals surface area contributed by atoms with Crippen LogP contribution in [0.3, 0.4) is 0 Å². The zero-order chi connectivity index (χ0) is 13.7. The number of hydrogen-bond donors (Lipinski definition) is 1. The van der Waals surface area contributed by atoms with Gasteiger partial charge in [0.1, 0.15) is 0 Å². The van der Waals surface area contributed by atoms with E-state index in [1.54, 1.807) is 0 Å². The summed E-state index contributed by atoms with van der Waals surface area (Å²) in [6.45, 7) is 9.29. The normalized spacial score (nSPS) is 13.3. The molecule has 0 bridgehead atoms. The zero-order valence-corrected chi connectivity index (χ0v) is 13.6. The molecule has 1 unspecified atom stereocenters. The molecule has 0 radical (unpaired) electrons. The molecular weight excluding hydrogens is 312 g/mol. The Morgan fingerprint density at radius 1 is 1.39 bits per heavy atom. The minimum absolute atomic E-state index is 0.240. The third kappa shape index (κ3) is 4.23. The van der Waals surface area contributed by atoms with Gasteiger partial charge in [-0.3, -0.25) is 4.90 Å². The lowest BCUT2D eigenvalue weighted by Gasteiger charge is -2.32. The molecule has 0 heterocycles. The third-order valence-electron chi connectivity index (χ3n) is 2.99. The van der Waals surface area contributed by atoms with Gasteiger partial charge < -0.3 is 5.73 Å². The Hall–Kier alpha value is -0.0900. The average Bonchev–Trinajstić information content (AvgIpc) is 2.30. The van der Waals surface area contributed by atoms with Gasteiger partial charge in [-0.05, 0) is 30.2 Å². The van der Waals surface area contributed by atoms with Crippen LogP contribution < -0.4 is 5.73 Å². The summed E-state index contributed by atoms with van der Waals surface area (Å²) >= 11 is 9.57. The molecule has 102 valence electrons. The lowest BCUT2D eigenvalue weighted by atomic mass is 10.0. The Morgan fingerprint density at radius 2 is 2.06 bits per heavy atom. The smallest absolute Gasteiger partial charge is 0.0481 e. The van der Waals surface area contributed by atoms with Crippen molar-refractivity contribution in [3.8, 4) is 0 Å². The van der Waals surface area contributed by atoms with Gasteiger partial charge in [-0.1, -0.05) is 54.4 Å². The molecule has 0 aliphatic rings. The highest BCUT2D eigenvalue weighted by atomic mass is 79.9. The van der Waals surface area contributed by atoms with Gasteiger partial charge in [-0.25, -0.2) is 0 Å². The monoisotopic (exact) mass is 332 g/mol. The van der Waals surface area contributed by atoms with Gasteiger partial charge in [0.15, 0.2) is 0 Å². The maximum Gasteiger partial charge on any atom is 0.0481 e. The summed E-state index contributed by atoms with van der Waals surface area (Å²) < 4.78 is 1.03. The van der Waals surface area contributed by atoms with Gasteiger partial charge in [0.05, 0.1) is 0 Å². The highest BCUT2D eigenvalue weighted by Gasteiger charge is 2.20. The molecule has 2 nitrogen and oxygen atoms in total. The van der Waals surface area contributed by atoms with E-state index in [1.807, 2.05) is 12.1 Å². The molecule has 0 aliphatic carbocycles. The Kier molecular flexibility index (Phi) is 6.64. The van der Waals surface area contributed by atoms with Crippen LogP contribution >= 0.6 is 27.5 Å². The van der Waals surface area contributed by atoms with Gasteiger partial charge in [-0.2, -0.15) is 0 Å². The Labute approximate surface area is 124 Å². The molecule has 1 rings (SSSR count). The summed E-state index contributed by atoms with van der Waals surface area (Å²) in [6.07, 6.45) is 0. The fourth-order valence-electron chi connectivity index (χ4n) is 2.19. The summed E-state index contributed by atoms with van der Waals surface area (Å²) in [4.78, 5) is 2.42. The molecule has 1 atom stereocenters. The van der Waals surface area contributed by atoms with Crippen molar-refractivity contribution in [3.63, 3.8) is 0 Å². The maximum atomic E-state index is 5.99. The molecule has 1 aromatic carbocycles. The second-order valence-corrected chi connectivity index (χ2v) is 6.19. The van der Waals surface area contributed by atoms with Crippen LogP contribution in [0.1, 0.15) is 32.4 Å². The molecule has 0 saturated heterocycles. The van der Waals surface area contributed by atoms with E-state index in [0.29, 0.717) is 12.5 Å². The van der Waals surface area contributed by atoms with Gasteiger partial charge in [0.25, 0.3) is 0 Å². The SMILES string of the molecule is CCN(CC(C)C)C(CN)c1ccc(Cl)cc1Br. The van der Waals surface area contributed by atoms with Crippen LogP contribution in [0.15, 0.2) is 22.7 Å². The van der Waals surface area contributed by atoms with Crippen LogP contribution in [0.5, 0.6) is 0 Å². The van der Waals surface area contributed by atoms with E-state index in [9.17, 15) is 0 Å². The van der Waals surface area contributed by atoms with Crippen molar-refractivity contribution in [1.82, 2.24) is 4.90 Å². The maximum absolute atomic E-state index is 5.99. The predicted molar refractivity (Wildman–Crippen MR) is 83.0 cm³/mol. The lowest BCUT2D eigenvalue weighted by Crippen LogP contribution is -2.36. The second-order valence-electron chi connectivity index (χ2n) is 4.90. The van der Waals surface area contributed by atoms with E-state index in [1.165, 1.54) is 5.56 Å². The van der Waals surface area contributed by atoms with Crippen LogP contribution in [0.2, 0.25) is 5.02 Å². The molecule has 0 spiro atoms. The molecule has 0 fully saturated rings. The van der Waals surface area contributed by atoms with E-state index < -0.39 is 0 Å². The molecular formula is C14H22BrClN2. The van der Waals surface area contributed by atoms with Gasteiger partial charge in [0.2, 0.25) is 0 Å². The first-order valence-corrected chi connectivity index (χ1v) is 7.55. The number of nitrogens with zero attached hydrogens (tertiary/aromatic N) is 1. The number of hydrogen-bond acceptors (Lipinski definition) is 2. The van der Waals surface area contributed by atoms with Crippen LogP contribution in [0.25, 0.3) is 0 Å². The Balaban J connectivity index is 2.99. The fraction of sp³-hybridized carbons (Fsp3) is 0.571. The van der Waals surface area contributed by atoms with Gasteiger partial charge >= 0.3 is 0 Å². The Morgan fingerprint density at radius 3 is 2.50 bits per heavy atom. The van der Waals surface area contributed by atoms with Crippen molar-refractivity contribution in [3.05, 3.63) is 33.3 Å². The fourth-order valence-corrected chi connectivity index (χ4v) is 3.14. The van der Waals surface area contributed by atoms with Crippen LogP contribution in [0.4, 0.5) is 0 Å². The van der Waals surface area contributed by atoms with Crippen molar-refractivity contribution < 1.29 is 0 Å². The topological polar surface area (TPSA) is 29.3 Å². The standard InChI is InChI=1S/C14H22BrClN2/c1-4-18(9-10(2)3)14(8-17)12-6-5-11(16)7-13(12)15/h5-7,10,14H,4,8-9,17H2,1-3H3. The predicted octanol–water partition coefficient (Wildman–Crippen LogP) is 4.08. The van der Waals surface area contributed by atoms with E-state index in [0.717, 1.165) is 22.6 Å². The Bertz CT molecular complexity index is 382. The molecule has 1 aromatic rings. The van der Waals surface area contributed by atoms with E-state index >= 15 is 0 Å². The molecule has 2 N–H and O–H groups in total. The summed E-state index contributed by atoms with van der Waals surface area (Å²) in [6, 6.07) is 6.16. The summed E-state index contributed by atoms with van der Waals surface area (Å²) in [7, 11) is 0. The van der Waals surface area contributed by atoms with Crippen molar-refractivity contribution in [2.75, 3.05) is 19.6 Å². The molecule has 0 amide bonds. The second kappa shape index (κ2) is 7.49. The van der Waals surface area contributed by atoms with Crippen molar-refractivity contribution in [2.45, 2.75) is 26.8 Å². The van der Waals surface area contributed by atoms with E-state index in [4.69, 9.17) is 17.3 Å². The van der Waals surface area contributed by atoms with E-state index in [2.05, 4.69) is 47.7 Å². The first-order valence-electron chi connectivity index (χ1n) is 6.38. The molecule has 18 heavy (non-hydrogen) atoms. The minimum atomic E-state index is 0.240. The molecule has 0 aromatic heterocycles. The van der Waals surface area contributed by atoms with Gasteiger partial charge in [-0.15, -0.1) is 0 Å². The molecule has 0 saturated carbocycles. The lowest BCUT2D eigenvalue weighted by molar-refractivity contribution is 0.189. The highest BCUT2D eigenvalue weighted by Crippen LogP contribution is 2.30. The summed E-state index contributed by atoms with van der Waals surface area (Å²) in [5.74, 6) is 0.630. The largest absolute Gasteiger partial charge is 0.329 e. The minimum Gasteiger partial charge on any atom is -0.329 e. The van der Waals surface area contributed by atoms with Crippen LogP contribution in [0, 0.1) is 5.92 Å². The third-order valence-corrected chi connectivity index (χ3v) is 3.91. The highest BCUT2D eigenvalue weighted by molar-refractivity contribution is 9.10. The molecule has 4 heteroatoms. The van der Waals surface area contributed by atoms with Crippen molar-refractivity contribution >= 4 is 27.5 Å². The first-order chi connectivity index (χ1) is 8.49. The number of rotatable bonds is 6. The van der Waals surface area contributed by atoms with Gasteiger partial charge in [0, 0.05) is 28.6 Å². The quantitative estimate of drug-likeness (QED) is 0.850. The van der Waals surface area contributed by atoms with Crippen molar-refractivity contribution in [2.24, 2.45) is 11.7 Å². The number of halogens is 2. The first kappa shape index (κ1) is 16.0. The summed E-state index contributed by atoms with van der Waals surface area (Å²) in [5.41, 5.74) is 7.18. The van der Waals surface area contributed by atoms with Crippen LogP contribution in [-0.4, -0.2) is 24.5 Å². The number of nitrogens with two attached hydrogens (primary N) is 1. The van der Waals surface area contributed by atoms with Crippen LogP contribution in [-0.2, 0) is 0 Å². The number of benzene rings is 1. The van der Waals surface area contributed by atoms with E-state index in [-0.39, 0.29) is 6.04 Å². The zero-order valence-electron chi connectivity index (χ0n) is 11.3.